The molecule has 0 heterocycles. The molecule has 0 bridgehead atoms. The van der Waals surface area contributed by atoms with Crippen LogP contribution in [0, 0.1) is 56.2 Å². The molecule has 0 aliphatic heterocycles. The summed E-state index contributed by atoms with van der Waals surface area (Å²) in [4.78, 5) is 25.1. The minimum Gasteiger partial charge on any atom is -0.462 e. The molecule has 0 aromatic heterocycles. The van der Waals surface area contributed by atoms with E-state index in [9.17, 15) is 9.59 Å². The third-order valence-corrected chi connectivity index (χ3v) is 14.0. The van der Waals surface area contributed by atoms with Crippen molar-refractivity contribution in [3.63, 3.8) is 0 Å². The maximum atomic E-state index is 13.0. The lowest BCUT2D eigenvalue weighted by Gasteiger charge is -2.74. The van der Waals surface area contributed by atoms with Gasteiger partial charge in [0.2, 0.25) is 0 Å². The fourth-order valence-corrected chi connectivity index (χ4v) is 11.8. The number of rotatable bonds is 1. The third kappa shape index (κ3) is 3.20. The maximum Gasteiger partial charge on any atom is 0.302 e. The van der Waals surface area contributed by atoms with Crippen molar-refractivity contribution in [1.29, 1.82) is 0 Å². The first-order valence-electron chi connectivity index (χ1n) is 14.7. The molecule has 5 saturated carbocycles. The highest BCUT2D eigenvalue weighted by Gasteiger charge is 2.71. The molecular formula is C32H52O3. The van der Waals surface area contributed by atoms with Gasteiger partial charge in [0.15, 0.2) is 0 Å². The third-order valence-electron chi connectivity index (χ3n) is 14.0. The van der Waals surface area contributed by atoms with Gasteiger partial charge in [-0.1, -0.05) is 55.4 Å². The zero-order chi connectivity index (χ0) is 25.8. The Bertz CT molecular complexity index is 918. The summed E-state index contributed by atoms with van der Waals surface area (Å²) in [6.07, 6.45) is 11.8. The Morgan fingerprint density at radius 3 is 1.89 bits per heavy atom. The molecule has 0 amide bonds. The first-order valence-corrected chi connectivity index (χ1v) is 14.7. The molecule has 0 spiro atoms. The van der Waals surface area contributed by atoms with Crippen LogP contribution < -0.4 is 0 Å². The molecule has 0 aromatic carbocycles. The van der Waals surface area contributed by atoms with E-state index in [1.807, 2.05) is 0 Å². The normalized spacial score (nSPS) is 52.4. The molecule has 5 fully saturated rings. The Hall–Kier alpha value is -0.860. The lowest BCUT2D eigenvalue weighted by molar-refractivity contribution is -0.262. The number of carbonyl (C=O) groups is 2. The van der Waals surface area contributed by atoms with Gasteiger partial charge < -0.3 is 4.74 Å². The molecule has 3 nitrogen and oxygen atoms in total. The van der Waals surface area contributed by atoms with Gasteiger partial charge in [-0.05, 0) is 97.2 Å². The van der Waals surface area contributed by atoms with Gasteiger partial charge in [0.25, 0.3) is 0 Å². The molecule has 0 aromatic rings. The van der Waals surface area contributed by atoms with Crippen LogP contribution in [0.4, 0.5) is 0 Å². The Morgan fingerprint density at radius 2 is 1.29 bits per heavy atom. The number of hydrogen-bond donors (Lipinski definition) is 0. The van der Waals surface area contributed by atoms with Crippen molar-refractivity contribution in [3.8, 4) is 0 Å². The Balaban J connectivity index is 1.52. The molecule has 198 valence electrons. The van der Waals surface area contributed by atoms with Crippen molar-refractivity contribution in [1.82, 2.24) is 0 Å². The fourth-order valence-electron chi connectivity index (χ4n) is 11.8. The Morgan fingerprint density at radius 1 is 0.714 bits per heavy atom. The quantitative estimate of drug-likeness (QED) is 0.354. The predicted octanol–water partition coefficient (Wildman–Crippen LogP) is 8.00. The number of fused-ring (bicyclic) bond motifs is 7. The van der Waals surface area contributed by atoms with Crippen LogP contribution in [0.1, 0.15) is 127 Å². The number of ketones is 1. The minimum absolute atomic E-state index is 0.0345. The van der Waals surface area contributed by atoms with E-state index in [0.29, 0.717) is 40.3 Å². The monoisotopic (exact) mass is 484 g/mol. The van der Waals surface area contributed by atoms with E-state index in [4.69, 9.17) is 4.74 Å². The van der Waals surface area contributed by atoms with Crippen molar-refractivity contribution in [2.75, 3.05) is 0 Å². The van der Waals surface area contributed by atoms with Gasteiger partial charge >= 0.3 is 5.97 Å². The summed E-state index contributed by atoms with van der Waals surface area (Å²) in [5.74, 6) is 2.75. The van der Waals surface area contributed by atoms with Gasteiger partial charge in [-0.2, -0.15) is 0 Å². The van der Waals surface area contributed by atoms with E-state index < -0.39 is 0 Å². The van der Waals surface area contributed by atoms with Crippen molar-refractivity contribution < 1.29 is 14.3 Å². The van der Waals surface area contributed by atoms with Crippen LogP contribution >= 0.6 is 0 Å². The average molecular weight is 485 g/mol. The predicted molar refractivity (Wildman–Crippen MR) is 141 cm³/mol. The summed E-state index contributed by atoms with van der Waals surface area (Å²) in [6, 6.07) is 0. The van der Waals surface area contributed by atoms with Crippen LogP contribution in [0.5, 0.6) is 0 Å². The van der Waals surface area contributed by atoms with Crippen LogP contribution in [0.25, 0.3) is 0 Å². The van der Waals surface area contributed by atoms with Gasteiger partial charge in [0, 0.05) is 30.1 Å². The highest BCUT2D eigenvalue weighted by Crippen LogP contribution is 2.77. The van der Waals surface area contributed by atoms with E-state index in [1.165, 1.54) is 44.9 Å². The summed E-state index contributed by atoms with van der Waals surface area (Å²) in [7, 11) is 0. The van der Waals surface area contributed by atoms with Crippen molar-refractivity contribution in [2.24, 2.45) is 56.2 Å². The molecular weight excluding hydrogens is 432 g/mol. The number of ether oxygens (including phenoxy) is 1. The lowest BCUT2D eigenvalue weighted by atomic mass is 9.31. The highest BCUT2D eigenvalue weighted by molar-refractivity contribution is 5.85. The van der Waals surface area contributed by atoms with Gasteiger partial charge in [-0.15, -0.1) is 0 Å². The van der Waals surface area contributed by atoms with E-state index >= 15 is 0 Å². The lowest BCUT2D eigenvalue weighted by Crippen LogP contribution is -2.68. The SMILES string of the molecule is CC(=O)OC1C2CCC3(C)C(CCC4C5(C)CCC(=O)C(C)(C)C5CCC43C)C2(C)CCC1(C)C. The van der Waals surface area contributed by atoms with Gasteiger partial charge in [0.05, 0.1) is 0 Å². The average Bonchev–Trinajstić information content (AvgIpc) is 2.74. The van der Waals surface area contributed by atoms with Gasteiger partial charge in [0.1, 0.15) is 11.9 Å². The zero-order valence-electron chi connectivity index (χ0n) is 24.2. The van der Waals surface area contributed by atoms with E-state index in [0.717, 1.165) is 19.3 Å². The molecule has 0 N–H and O–H groups in total. The van der Waals surface area contributed by atoms with Crippen LogP contribution in [0.2, 0.25) is 0 Å². The van der Waals surface area contributed by atoms with E-state index in [1.54, 1.807) is 6.92 Å². The van der Waals surface area contributed by atoms with E-state index in [-0.39, 0.29) is 33.7 Å². The van der Waals surface area contributed by atoms with Gasteiger partial charge in [-0.25, -0.2) is 0 Å². The maximum absolute atomic E-state index is 13.0. The standard InChI is InChI=1S/C32H52O3/c1-20(33)35-26-21-12-16-31(8)23(29(21,6)19-18-27(26,2)3)10-11-24-30(7)15-14-25(34)28(4,5)22(30)13-17-32(24,31)9/h21-24,26H,10-19H2,1-9H3. The minimum atomic E-state index is -0.179. The summed E-state index contributed by atoms with van der Waals surface area (Å²) in [5.41, 5.74) is 0.998. The molecule has 35 heavy (non-hydrogen) atoms. The molecule has 5 rings (SSSR count). The first-order chi connectivity index (χ1) is 16.0. The topological polar surface area (TPSA) is 43.4 Å². The second kappa shape index (κ2) is 7.59. The molecule has 0 radical (unpaired) electrons. The smallest absolute Gasteiger partial charge is 0.302 e. The van der Waals surface area contributed by atoms with Crippen LogP contribution in [0.3, 0.4) is 0 Å². The molecule has 9 unspecified atom stereocenters. The van der Waals surface area contributed by atoms with Crippen molar-refractivity contribution in [2.45, 2.75) is 133 Å². The molecule has 9 atom stereocenters. The Kier molecular flexibility index (Phi) is 5.59. The summed E-state index contributed by atoms with van der Waals surface area (Å²) in [5, 5.41) is 0. The molecule has 3 heteroatoms. The Labute approximate surface area is 214 Å². The first kappa shape index (κ1) is 25.8. The molecule has 5 aliphatic carbocycles. The van der Waals surface area contributed by atoms with Crippen LogP contribution in [0.15, 0.2) is 0 Å². The summed E-state index contributed by atoms with van der Waals surface area (Å²) in [6.45, 7) is 21.2. The molecule has 0 saturated heterocycles. The summed E-state index contributed by atoms with van der Waals surface area (Å²) >= 11 is 0. The fraction of sp³-hybridized carbons (Fsp3) is 0.938. The zero-order valence-corrected chi connectivity index (χ0v) is 24.2. The van der Waals surface area contributed by atoms with Crippen LogP contribution in [-0.4, -0.2) is 17.9 Å². The van der Waals surface area contributed by atoms with E-state index in [2.05, 4.69) is 55.4 Å². The number of esters is 1. The number of carbonyl (C=O) groups excluding carboxylic acids is 2. The second-order valence-electron chi connectivity index (χ2n) is 15.9. The number of Topliss-reactive ketones (excluding diaryl/α,β-unsaturated/α-hetero) is 1. The number of hydrogen-bond acceptors (Lipinski definition) is 3. The summed E-state index contributed by atoms with van der Waals surface area (Å²) < 4.78 is 6.13. The van der Waals surface area contributed by atoms with Gasteiger partial charge in [-0.3, -0.25) is 9.59 Å². The highest BCUT2D eigenvalue weighted by atomic mass is 16.5. The molecule has 5 aliphatic rings. The largest absolute Gasteiger partial charge is 0.462 e. The van der Waals surface area contributed by atoms with Crippen LogP contribution in [-0.2, 0) is 14.3 Å². The second-order valence-corrected chi connectivity index (χ2v) is 15.9. The van der Waals surface area contributed by atoms with Crippen molar-refractivity contribution >= 4 is 11.8 Å². The van der Waals surface area contributed by atoms with Crippen molar-refractivity contribution in [3.05, 3.63) is 0 Å².